The van der Waals surface area contributed by atoms with Crippen LogP contribution in [0, 0.1) is 0 Å². The highest BCUT2D eigenvalue weighted by atomic mass is 16.5. The van der Waals surface area contributed by atoms with Gasteiger partial charge in [0.05, 0.1) is 36.3 Å². The second-order valence-corrected chi connectivity index (χ2v) is 8.28. The first-order chi connectivity index (χ1) is 18.4. The van der Waals surface area contributed by atoms with Gasteiger partial charge in [0, 0.05) is 18.3 Å². The number of amides is 1. The minimum Gasteiger partial charge on any atom is -0.493 e. The van der Waals surface area contributed by atoms with Gasteiger partial charge >= 0.3 is 6.01 Å². The third kappa shape index (κ3) is 4.44. The first-order valence-electron chi connectivity index (χ1n) is 11.5. The highest BCUT2D eigenvalue weighted by Gasteiger charge is 2.23. The fourth-order valence-corrected chi connectivity index (χ4v) is 4.18. The smallest absolute Gasteiger partial charge is 0.322 e. The predicted octanol–water partition coefficient (Wildman–Crippen LogP) is 4.18. The number of nitrogens with one attached hydrogen (secondary N) is 1. The summed E-state index contributed by atoms with van der Waals surface area (Å²) >= 11 is 0. The molecule has 0 unspecified atom stereocenters. The Labute approximate surface area is 217 Å². The minimum absolute atomic E-state index is 0.136. The average molecular weight is 509 g/mol. The highest BCUT2D eigenvalue weighted by Crippen LogP contribution is 2.44. The summed E-state index contributed by atoms with van der Waals surface area (Å²) in [7, 11) is 3.46. The Morgan fingerprint density at radius 3 is 2.39 bits per heavy atom. The fourth-order valence-electron chi connectivity index (χ4n) is 4.18. The molecule has 5 N–H and O–H groups in total. The zero-order chi connectivity index (χ0) is 26.8. The molecule has 3 heterocycles. The molecule has 0 aliphatic heterocycles. The number of aryl methyl sites for hydroxylation is 1. The van der Waals surface area contributed by atoms with Crippen molar-refractivity contribution in [3.8, 4) is 39.9 Å². The topological polar surface area (TPSA) is 156 Å². The molecule has 11 heteroatoms. The van der Waals surface area contributed by atoms with E-state index in [0.717, 1.165) is 22.4 Å². The van der Waals surface area contributed by atoms with Crippen LogP contribution in [0.5, 0.6) is 17.5 Å². The summed E-state index contributed by atoms with van der Waals surface area (Å²) in [4.78, 5) is 28.6. The number of benzene rings is 2. The van der Waals surface area contributed by atoms with Crippen LogP contribution in [0.1, 0.15) is 0 Å². The number of methoxy groups -OCH3 is 1. The van der Waals surface area contributed by atoms with Crippen molar-refractivity contribution in [2.45, 2.75) is 0 Å². The SMILES string of the molecule is C=CC(=O)Nc1ccc(-c2c(-c3ccc(Oc4ncc(N)cn4)c(OC)c3)c3c(N)ncnc3n2C)cc1. The Balaban J connectivity index is 1.64. The van der Waals surface area contributed by atoms with Crippen molar-refractivity contribution in [1.29, 1.82) is 0 Å². The number of hydrogen-bond acceptors (Lipinski definition) is 9. The summed E-state index contributed by atoms with van der Waals surface area (Å²) in [5, 5.41) is 3.46. The highest BCUT2D eigenvalue weighted by molar-refractivity contribution is 6.08. The lowest BCUT2D eigenvalue weighted by molar-refractivity contribution is -0.111. The van der Waals surface area contributed by atoms with E-state index in [1.807, 2.05) is 48.0 Å². The Morgan fingerprint density at radius 1 is 1.00 bits per heavy atom. The molecule has 0 aliphatic rings. The van der Waals surface area contributed by atoms with Crippen LogP contribution in [0.2, 0.25) is 0 Å². The van der Waals surface area contributed by atoms with E-state index in [-0.39, 0.29) is 11.9 Å². The molecule has 0 saturated heterocycles. The molecule has 0 saturated carbocycles. The molecule has 0 bridgehead atoms. The van der Waals surface area contributed by atoms with Crippen molar-refractivity contribution in [2.75, 3.05) is 23.9 Å². The fraction of sp³-hybridized carbons (Fsp3) is 0.0741. The van der Waals surface area contributed by atoms with Gasteiger partial charge < -0.3 is 30.8 Å². The zero-order valence-electron chi connectivity index (χ0n) is 20.7. The monoisotopic (exact) mass is 508 g/mol. The largest absolute Gasteiger partial charge is 0.493 e. The Kier molecular flexibility index (Phi) is 6.32. The molecular formula is C27H24N8O3. The molecule has 38 heavy (non-hydrogen) atoms. The van der Waals surface area contributed by atoms with Crippen LogP contribution in [0.15, 0.2) is 73.8 Å². The molecule has 0 fully saturated rings. The number of nitrogens with zero attached hydrogens (tertiary/aromatic N) is 5. The van der Waals surface area contributed by atoms with E-state index < -0.39 is 0 Å². The first kappa shape index (κ1) is 24.3. The number of aromatic nitrogens is 5. The van der Waals surface area contributed by atoms with Crippen molar-refractivity contribution in [3.05, 3.63) is 73.8 Å². The number of nitrogens with two attached hydrogens (primary N) is 2. The number of rotatable bonds is 7. The lowest BCUT2D eigenvalue weighted by atomic mass is 9.98. The van der Waals surface area contributed by atoms with Crippen molar-refractivity contribution in [2.24, 2.45) is 7.05 Å². The molecule has 2 aromatic carbocycles. The van der Waals surface area contributed by atoms with Crippen molar-refractivity contribution in [3.63, 3.8) is 0 Å². The van der Waals surface area contributed by atoms with Gasteiger partial charge in [0.1, 0.15) is 17.8 Å². The maximum absolute atomic E-state index is 11.7. The molecule has 11 nitrogen and oxygen atoms in total. The van der Waals surface area contributed by atoms with Gasteiger partial charge in [-0.3, -0.25) is 4.79 Å². The Bertz CT molecular complexity index is 1660. The molecule has 0 atom stereocenters. The number of carbonyl (C=O) groups is 1. The van der Waals surface area contributed by atoms with Crippen LogP contribution in [-0.2, 0) is 11.8 Å². The van der Waals surface area contributed by atoms with E-state index >= 15 is 0 Å². The quantitative estimate of drug-likeness (QED) is 0.274. The molecule has 190 valence electrons. The van der Waals surface area contributed by atoms with Gasteiger partial charge in [-0.2, -0.15) is 0 Å². The summed E-state index contributed by atoms with van der Waals surface area (Å²) in [6.07, 6.45) is 5.58. The van der Waals surface area contributed by atoms with Crippen LogP contribution in [0.4, 0.5) is 17.2 Å². The van der Waals surface area contributed by atoms with Gasteiger partial charge in [0.15, 0.2) is 11.5 Å². The van der Waals surface area contributed by atoms with E-state index in [9.17, 15) is 4.79 Å². The average Bonchev–Trinajstić information content (AvgIpc) is 3.24. The summed E-state index contributed by atoms with van der Waals surface area (Å²) in [6.45, 7) is 3.49. The van der Waals surface area contributed by atoms with Crippen molar-refractivity contribution >= 4 is 34.1 Å². The van der Waals surface area contributed by atoms with Gasteiger partial charge in [-0.1, -0.05) is 24.8 Å². The predicted molar refractivity (Wildman–Crippen MR) is 146 cm³/mol. The third-order valence-corrected chi connectivity index (χ3v) is 5.91. The summed E-state index contributed by atoms with van der Waals surface area (Å²) in [6, 6.07) is 13.1. The molecule has 3 aromatic heterocycles. The van der Waals surface area contributed by atoms with Gasteiger partial charge in [0.25, 0.3) is 0 Å². The molecule has 1 amide bonds. The number of anilines is 3. The Hall–Kier alpha value is -5.45. The van der Waals surface area contributed by atoms with Gasteiger partial charge in [-0.15, -0.1) is 0 Å². The van der Waals surface area contributed by atoms with E-state index in [1.165, 1.54) is 24.8 Å². The van der Waals surface area contributed by atoms with E-state index in [1.54, 1.807) is 13.2 Å². The minimum atomic E-state index is -0.287. The van der Waals surface area contributed by atoms with Crippen LogP contribution in [-0.4, -0.2) is 37.5 Å². The first-order valence-corrected chi connectivity index (χ1v) is 11.5. The third-order valence-electron chi connectivity index (χ3n) is 5.91. The molecule has 0 radical (unpaired) electrons. The lowest BCUT2D eigenvalue weighted by Crippen LogP contribution is -2.06. The molecule has 0 spiro atoms. The van der Waals surface area contributed by atoms with Crippen LogP contribution in [0.3, 0.4) is 0 Å². The number of ether oxygens (including phenoxy) is 2. The normalized spacial score (nSPS) is 10.8. The number of hydrogen-bond donors (Lipinski definition) is 3. The molecular weight excluding hydrogens is 484 g/mol. The maximum Gasteiger partial charge on any atom is 0.322 e. The van der Waals surface area contributed by atoms with Crippen molar-refractivity contribution in [1.82, 2.24) is 24.5 Å². The number of fused-ring (bicyclic) bond motifs is 1. The molecule has 5 aromatic rings. The van der Waals surface area contributed by atoms with Gasteiger partial charge in [-0.25, -0.2) is 19.9 Å². The zero-order valence-corrected chi connectivity index (χ0v) is 20.7. The van der Waals surface area contributed by atoms with Crippen LogP contribution >= 0.6 is 0 Å². The Morgan fingerprint density at radius 2 is 1.71 bits per heavy atom. The summed E-state index contributed by atoms with van der Waals surface area (Å²) in [5.41, 5.74) is 17.1. The van der Waals surface area contributed by atoms with Gasteiger partial charge in [-0.05, 0) is 41.5 Å². The number of carbonyl (C=O) groups excluding carboxylic acids is 1. The maximum atomic E-state index is 11.7. The standard InChI is InChI=1S/C27H24N8O3/c1-4-21(36)34-18-8-5-15(6-9-18)24-22(23-25(29)32-14-33-26(23)35(24)2)16-7-10-19(20(11-16)37-3)38-27-30-12-17(28)13-31-27/h4-14H,1,28H2,2-3H3,(H,34,36)(H2,29,32,33). The summed E-state index contributed by atoms with van der Waals surface area (Å²) < 4.78 is 13.4. The van der Waals surface area contributed by atoms with E-state index in [4.69, 9.17) is 20.9 Å². The van der Waals surface area contributed by atoms with Crippen molar-refractivity contribution < 1.29 is 14.3 Å². The number of nitrogen functional groups attached to an aromatic ring is 2. The molecule has 0 aliphatic carbocycles. The van der Waals surface area contributed by atoms with Crippen LogP contribution in [0.25, 0.3) is 33.4 Å². The van der Waals surface area contributed by atoms with Gasteiger partial charge in [0.2, 0.25) is 5.91 Å². The summed E-state index contributed by atoms with van der Waals surface area (Å²) in [5.74, 6) is 0.944. The van der Waals surface area contributed by atoms with E-state index in [2.05, 4.69) is 31.8 Å². The van der Waals surface area contributed by atoms with Crippen LogP contribution < -0.4 is 26.3 Å². The second-order valence-electron chi connectivity index (χ2n) is 8.28. The lowest BCUT2D eigenvalue weighted by Gasteiger charge is -2.13. The second kappa shape index (κ2) is 9.90. The molecule has 5 rings (SSSR count). The van der Waals surface area contributed by atoms with E-state index in [0.29, 0.717) is 39.7 Å².